The van der Waals surface area contributed by atoms with E-state index in [2.05, 4.69) is 71.9 Å². The van der Waals surface area contributed by atoms with E-state index in [1.54, 1.807) is 0 Å². The first-order valence-corrected chi connectivity index (χ1v) is 19.8. The molecule has 176 valence electrons. The van der Waals surface area contributed by atoms with Crippen molar-refractivity contribution in [3.63, 3.8) is 0 Å². The minimum atomic E-state index is -1.78. The Morgan fingerprint density at radius 3 is 2.19 bits per heavy atom. The third-order valence-electron chi connectivity index (χ3n) is 9.69. The van der Waals surface area contributed by atoms with Crippen LogP contribution in [0.2, 0.25) is 39.3 Å². The Morgan fingerprint density at radius 1 is 0.871 bits per heavy atom. The highest BCUT2D eigenvalue weighted by atomic mass is 28.4. The van der Waals surface area contributed by atoms with Crippen LogP contribution < -0.4 is 0 Å². The molecule has 0 bridgehead atoms. The van der Waals surface area contributed by atoms with Crippen LogP contribution >= 0.6 is 0 Å². The Bertz CT molecular complexity index is 747. The van der Waals surface area contributed by atoms with E-state index in [9.17, 15) is 0 Å². The van der Waals surface area contributed by atoms with Crippen molar-refractivity contribution in [2.45, 2.75) is 110 Å². The summed E-state index contributed by atoms with van der Waals surface area (Å²) in [5.74, 6) is 4.34. The Balaban J connectivity index is 1.70. The third-order valence-corrected chi connectivity index (χ3v) is 11.5. The van der Waals surface area contributed by atoms with Crippen LogP contribution in [0.15, 0.2) is 24.5 Å². The first kappa shape index (κ1) is 23.8. The Kier molecular flexibility index (Phi) is 5.84. The standard InChI is InChI=1S/C27H48O2Si2/c1-20(28-30(4,5)6)27(29-31(7,8)9)19-16-24-22-14-13-21-12-10-11-17-25(21,2)23(22)15-18-26(24,27)3/h10-11,21-24H,1,12-19H2,2-9H3/t21-,22-,23+,24+,25+,26+,27+/m1/s1. The van der Waals surface area contributed by atoms with E-state index in [0.717, 1.165) is 35.9 Å². The van der Waals surface area contributed by atoms with E-state index in [4.69, 9.17) is 8.85 Å². The summed E-state index contributed by atoms with van der Waals surface area (Å²) in [5.41, 5.74) is 0.367. The number of hydrogen-bond donors (Lipinski definition) is 0. The van der Waals surface area contributed by atoms with Crippen molar-refractivity contribution in [3.8, 4) is 0 Å². The quantitative estimate of drug-likeness (QED) is 0.234. The van der Waals surface area contributed by atoms with E-state index >= 15 is 0 Å². The minimum Gasteiger partial charge on any atom is -0.546 e. The van der Waals surface area contributed by atoms with Gasteiger partial charge in [0.2, 0.25) is 8.32 Å². The van der Waals surface area contributed by atoms with Crippen molar-refractivity contribution < 1.29 is 8.85 Å². The van der Waals surface area contributed by atoms with E-state index in [1.165, 1.54) is 44.9 Å². The second-order valence-electron chi connectivity index (χ2n) is 13.7. The first-order chi connectivity index (χ1) is 14.2. The third kappa shape index (κ3) is 3.87. The summed E-state index contributed by atoms with van der Waals surface area (Å²) in [7, 11) is -3.52. The number of fused-ring (bicyclic) bond motifs is 5. The molecule has 0 aromatic heterocycles. The molecule has 3 fully saturated rings. The minimum absolute atomic E-state index is 0.152. The molecular formula is C27H48O2Si2. The normalized spacial score (nSPS) is 44.9. The SMILES string of the molecule is C=C(O[Si](C)(C)C)[C@@]1(O[Si](C)(C)C)CC[C@H]2[C@@H]3CC[C@H]4CC=CC[C@]4(C)[C@H]3CC[C@@]21C. The number of allylic oxidation sites excluding steroid dienone is 2. The van der Waals surface area contributed by atoms with Gasteiger partial charge < -0.3 is 8.85 Å². The zero-order chi connectivity index (χ0) is 22.9. The summed E-state index contributed by atoms with van der Waals surface area (Å²) in [6.07, 6.45) is 15.4. The van der Waals surface area contributed by atoms with Gasteiger partial charge in [0.1, 0.15) is 11.4 Å². The maximum atomic E-state index is 7.20. The summed E-state index contributed by atoms with van der Waals surface area (Å²) >= 11 is 0. The lowest BCUT2D eigenvalue weighted by Crippen LogP contribution is -2.59. The molecule has 0 heterocycles. The predicted molar refractivity (Wildman–Crippen MR) is 137 cm³/mol. The summed E-state index contributed by atoms with van der Waals surface area (Å²) in [6.45, 7) is 23.7. The van der Waals surface area contributed by atoms with Gasteiger partial charge in [0.05, 0.1) is 0 Å². The van der Waals surface area contributed by atoms with Crippen molar-refractivity contribution >= 4 is 16.6 Å². The van der Waals surface area contributed by atoms with Crippen molar-refractivity contribution in [1.82, 2.24) is 0 Å². The zero-order valence-electron chi connectivity index (χ0n) is 21.6. The molecule has 0 amide bonds. The van der Waals surface area contributed by atoms with Gasteiger partial charge in [-0.15, -0.1) is 0 Å². The van der Waals surface area contributed by atoms with Crippen molar-refractivity contribution in [2.75, 3.05) is 0 Å². The molecule has 4 rings (SSSR count). The lowest BCUT2D eigenvalue weighted by atomic mass is 9.45. The monoisotopic (exact) mass is 460 g/mol. The molecule has 0 aliphatic heterocycles. The van der Waals surface area contributed by atoms with Gasteiger partial charge in [-0.3, -0.25) is 0 Å². The molecule has 4 aliphatic carbocycles. The second-order valence-corrected chi connectivity index (χ2v) is 22.6. The molecule has 0 aromatic carbocycles. The van der Waals surface area contributed by atoms with Gasteiger partial charge >= 0.3 is 0 Å². The first-order valence-electron chi connectivity index (χ1n) is 13.0. The van der Waals surface area contributed by atoms with E-state index in [1.807, 2.05) is 0 Å². The van der Waals surface area contributed by atoms with Gasteiger partial charge in [-0.1, -0.05) is 32.6 Å². The smallest absolute Gasteiger partial charge is 0.241 e. The predicted octanol–water partition coefficient (Wildman–Crippen LogP) is 8.15. The molecular weight excluding hydrogens is 412 g/mol. The van der Waals surface area contributed by atoms with Gasteiger partial charge in [0.25, 0.3) is 0 Å². The molecule has 4 aliphatic rings. The van der Waals surface area contributed by atoms with Crippen LogP contribution in [0.5, 0.6) is 0 Å². The van der Waals surface area contributed by atoms with Crippen LogP contribution in [-0.2, 0) is 8.85 Å². The molecule has 0 unspecified atom stereocenters. The maximum absolute atomic E-state index is 7.20. The topological polar surface area (TPSA) is 18.5 Å². The van der Waals surface area contributed by atoms with Crippen LogP contribution in [0.1, 0.15) is 65.2 Å². The van der Waals surface area contributed by atoms with Crippen molar-refractivity contribution in [1.29, 1.82) is 0 Å². The maximum Gasteiger partial charge on any atom is 0.241 e. The van der Waals surface area contributed by atoms with Gasteiger partial charge in [-0.25, -0.2) is 0 Å². The average Bonchev–Trinajstić information content (AvgIpc) is 2.92. The number of hydrogen-bond acceptors (Lipinski definition) is 2. The van der Waals surface area contributed by atoms with E-state index in [-0.39, 0.29) is 11.0 Å². The van der Waals surface area contributed by atoms with Crippen LogP contribution in [0, 0.1) is 34.5 Å². The van der Waals surface area contributed by atoms with E-state index < -0.39 is 16.6 Å². The molecule has 3 saturated carbocycles. The fourth-order valence-corrected chi connectivity index (χ4v) is 10.9. The largest absolute Gasteiger partial charge is 0.546 e. The zero-order valence-corrected chi connectivity index (χ0v) is 23.6. The molecule has 0 radical (unpaired) electrons. The Hall–Kier alpha value is -0.326. The lowest BCUT2D eigenvalue weighted by Gasteiger charge is -2.61. The highest BCUT2D eigenvalue weighted by Gasteiger charge is 2.67. The van der Waals surface area contributed by atoms with Crippen LogP contribution in [-0.4, -0.2) is 22.2 Å². The molecule has 31 heavy (non-hydrogen) atoms. The molecule has 0 saturated heterocycles. The Morgan fingerprint density at radius 2 is 1.55 bits per heavy atom. The number of rotatable bonds is 5. The molecule has 0 aromatic rings. The van der Waals surface area contributed by atoms with Crippen molar-refractivity contribution in [3.05, 3.63) is 24.5 Å². The highest BCUT2D eigenvalue weighted by Crippen LogP contribution is 2.70. The summed E-state index contributed by atoms with van der Waals surface area (Å²) in [6, 6.07) is 0. The van der Waals surface area contributed by atoms with Gasteiger partial charge in [0.15, 0.2) is 8.32 Å². The summed E-state index contributed by atoms with van der Waals surface area (Å²) in [5, 5.41) is 0. The summed E-state index contributed by atoms with van der Waals surface area (Å²) in [4.78, 5) is 0. The van der Waals surface area contributed by atoms with Crippen LogP contribution in [0.4, 0.5) is 0 Å². The lowest BCUT2D eigenvalue weighted by molar-refractivity contribution is -0.133. The van der Waals surface area contributed by atoms with Crippen LogP contribution in [0.3, 0.4) is 0 Å². The van der Waals surface area contributed by atoms with Crippen molar-refractivity contribution in [2.24, 2.45) is 34.5 Å². The molecule has 7 atom stereocenters. The van der Waals surface area contributed by atoms with Gasteiger partial charge in [-0.2, -0.15) is 0 Å². The molecule has 4 heteroatoms. The molecule has 0 N–H and O–H groups in total. The fourth-order valence-electron chi connectivity index (χ4n) is 8.49. The molecule has 0 spiro atoms. The Labute approximate surface area is 194 Å². The van der Waals surface area contributed by atoms with Crippen LogP contribution in [0.25, 0.3) is 0 Å². The molecule has 2 nitrogen and oxygen atoms in total. The second kappa shape index (κ2) is 7.60. The highest BCUT2D eigenvalue weighted by molar-refractivity contribution is 6.70. The van der Waals surface area contributed by atoms with Gasteiger partial charge in [-0.05, 0) is 120 Å². The average molecular weight is 461 g/mol. The fraction of sp³-hybridized carbons (Fsp3) is 0.852. The van der Waals surface area contributed by atoms with Gasteiger partial charge in [0, 0.05) is 5.41 Å². The van der Waals surface area contributed by atoms with E-state index in [0.29, 0.717) is 5.41 Å². The summed E-state index contributed by atoms with van der Waals surface area (Å²) < 4.78 is 13.9.